The Morgan fingerprint density at radius 2 is 2.56 bits per heavy atom. The van der Waals surface area contributed by atoms with Crippen molar-refractivity contribution in [2.75, 3.05) is 6.61 Å². The van der Waals surface area contributed by atoms with Gasteiger partial charge in [-0.2, -0.15) is 0 Å². The van der Waals surface area contributed by atoms with Gasteiger partial charge in [0, 0.05) is 38.0 Å². The van der Waals surface area contributed by atoms with Gasteiger partial charge in [-0.25, -0.2) is 4.98 Å². The van der Waals surface area contributed by atoms with E-state index in [-0.39, 0.29) is 24.0 Å². The van der Waals surface area contributed by atoms with Crippen LogP contribution < -0.4 is 5.32 Å². The number of rotatable bonds is 4. The summed E-state index contributed by atoms with van der Waals surface area (Å²) in [6.45, 7) is 3.50. The van der Waals surface area contributed by atoms with Gasteiger partial charge in [0.1, 0.15) is 5.82 Å². The molecule has 0 spiro atoms. The number of amides is 1. The van der Waals surface area contributed by atoms with Crippen LogP contribution >= 0.6 is 0 Å². The Labute approximate surface area is 107 Å². The van der Waals surface area contributed by atoms with Crippen LogP contribution in [0.1, 0.15) is 25.6 Å². The van der Waals surface area contributed by atoms with Gasteiger partial charge >= 0.3 is 0 Å². The Morgan fingerprint density at radius 3 is 3.39 bits per heavy atom. The number of carbonyl (C=O) groups is 1. The molecule has 0 bridgehead atoms. The fraction of sp³-hybridized carbons (Fsp3) is 0.692. The van der Waals surface area contributed by atoms with Crippen LogP contribution in [0.3, 0.4) is 0 Å². The Hall–Kier alpha value is -1.36. The second-order valence-electron chi connectivity index (χ2n) is 5.08. The van der Waals surface area contributed by atoms with Crippen LogP contribution in [0.4, 0.5) is 0 Å². The highest BCUT2D eigenvalue weighted by molar-refractivity contribution is 5.82. The molecule has 98 valence electrons. The molecule has 1 fully saturated rings. The standard InChI is InChI=1S/C13H19N3O2/c1-2-18-11-7-10(11)13(17)15-9-3-4-12-14-5-6-16(12)8-9/h5-6,9-11H,2-4,7-8H2,1H3,(H,15,17)/t9-,10-,11-/m1/s1. The van der Waals surface area contributed by atoms with Crippen LogP contribution in [-0.4, -0.2) is 34.2 Å². The average Bonchev–Trinajstić information content (AvgIpc) is 2.98. The predicted octanol–water partition coefficient (Wildman–Crippen LogP) is 0.739. The molecule has 0 aromatic carbocycles. The Bertz CT molecular complexity index is 443. The van der Waals surface area contributed by atoms with E-state index in [0.717, 1.165) is 31.6 Å². The van der Waals surface area contributed by atoms with E-state index in [1.165, 1.54) is 0 Å². The van der Waals surface area contributed by atoms with E-state index in [0.29, 0.717) is 6.61 Å². The van der Waals surface area contributed by atoms with E-state index in [1.807, 2.05) is 19.3 Å². The maximum atomic E-state index is 12.0. The van der Waals surface area contributed by atoms with Crippen molar-refractivity contribution in [1.29, 1.82) is 0 Å². The maximum absolute atomic E-state index is 12.0. The minimum atomic E-state index is 0.0779. The summed E-state index contributed by atoms with van der Waals surface area (Å²) in [5, 5.41) is 3.13. The lowest BCUT2D eigenvalue weighted by Gasteiger charge is -2.24. The van der Waals surface area contributed by atoms with E-state index in [4.69, 9.17) is 4.74 Å². The fourth-order valence-corrected chi connectivity index (χ4v) is 2.64. The third-order valence-electron chi connectivity index (χ3n) is 3.73. The van der Waals surface area contributed by atoms with Crippen LogP contribution in [0.25, 0.3) is 0 Å². The lowest BCUT2D eigenvalue weighted by Crippen LogP contribution is -2.42. The molecule has 0 radical (unpaired) electrons. The number of nitrogens with one attached hydrogen (secondary N) is 1. The Balaban J connectivity index is 1.51. The summed E-state index contributed by atoms with van der Waals surface area (Å²) in [4.78, 5) is 16.3. The van der Waals surface area contributed by atoms with Gasteiger partial charge in [0.25, 0.3) is 0 Å². The van der Waals surface area contributed by atoms with Crippen molar-refractivity contribution in [3.05, 3.63) is 18.2 Å². The first kappa shape index (κ1) is 11.7. The van der Waals surface area contributed by atoms with E-state index in [9.17, 15) is 4.79 Å². The third-order valence-corrected chi connectivity index (χ3v) is 3.73. The van der Waals surface area contributed by atoms with Crippen LogP contribution in [-0.2, 0) is 22.5 Å². The molecule has 2 aliphatic rings. The molecular weight excluding hydrogens is 230 g/mol. The number of aryl methyl sites for hydroxylation is 1. The smallest absolute Gasteiger partial charge is 0.226 e. The van der Waals surface area contributed by atoms with Crippen molar-refractivity contribution in [2.24, 2.45) is 5.92 Å². The molecule has 5 heteroatoms. The lowest BCUT2D eigenvalue weighted by atomic mass is 10.1. The number of hydrogen-bond acceptors (Lipinski definition) is 3. The van der Waals surface area contributed by atoms with Crippen molar-refractivity contribution in [3.8, 4) is 0 Å². The first-order chi connectivity index (χ1) is 8.78. The fourth-order valence-electron chi connectivity index (χ4n) is 2.64. The second kappa shape index (κ2) is 4.72. The molecule has 1 saturated carbocycles. The highest BCUT2D eigenvalue weighted by Gasteiger charge is 2.44. The molecule has 3 rings (SSSR count). The van der Waals surface area contributed by atoms with Gasteiger partial charge in [0.15, 0.2) is 0 Å². The molecule has 1 aromatic rings. The number of fused-ring (bicyclic) bond motifs is 1. The van der Waals surface area contributed by atoms with Gasteiger partial charge in [0.2, 0.25) is 5.91 Å². The van der Waals surface area contributed by atoms with Crippen LogP contribution in [0.2, 0.25) is 0 Å². The molecule has 1 aliphatic heterocycles. The molecule has 1 amide bonds. The Morgan fingerprint density at radius 1 is 1.67 bits per heavy atom. The number of aromatic nitrogens is 2. The predicted molar refractivity (Wildman–Crippen MR) is 66.0 cm³/mol. The van der Waals surface area contributed by atoms with Crippen LogP contribution in [0.15, 0.2) is 12.4 Å². The maximum Gasteiger partial charge on any atom is 0.226 e. The number of imidazole rings is 1. The molecule has 1 aliphatic carbocycles. The summed E-state index contributed by atoms with van der Waals surface area (Å²) in [5.41, 5.74) is 0. The molecule has 5 nitrogen and oxygen atoms in total. The molecular formula is C13H19N3O2. The minimum absolute atomic E-state index is 0.0779. The topological polar surface area (TPSA) is 56.1 Å². The molecule has 1 N–H and O–H groups in total. The first-order valence-corrected chi connectivity index (χ1v) is 6.70. The molecule has 2 heterocycles. The monoisotopic (exact) mass is 249 g/mol. The molecule has 18 heavy (non-hydrogen) atoms. The second-order valence-corrected chi connectivity index (χ2v) is 5.08. The molecule has 0 saturated heterocycles. The van der Waals surface area contributed by atoms with Gasteiger partial charge in [-0.15, -0.1) is 0 Å². The minimum Gasteiger partial charge on any atom is -0.378 e. The van der Waals surface area contributed by atoms with Gasteiger partial charge in [-0.05, 0) is 19.8 Å². The summed E-state index contributed by atoms with van der Waals surface area (Å²) in [7, 11) is 0. The van der Waals surface area contributed by atoms with Crippen molar-refractivity contribution in [3.63, 3.8) is 0 Å². The quantitative estimate of drug-likeness (QED) is 0.856. The van der Waals surface area contributed by atoms with Gasteiger partial charge in [-0.1, -0.05) is 0 Å². The average molecular weight is 249 g/mol. The third kappa shape index (κ3) is 2.27. The van der Waals surface area contributed by atoms with Crippen molar-refractivity contribution in [1.82, 2.24) is 14.9 Å². The largest absolute Gasteiger partial charge is 0.378 e. The zero-order valence-corrected chi connectivity index (χ0v) is 10.6. The van der Waals surface area contributed by atoms with Gasteiger partial charge in [-0.3, -0.25) is 4.79 Å². The number of nitrogens with zero attached hydrogens (tertiary/aromatic N) is 2. The first-order valence-electron chi connectivity index (χ1n) is 6.70. The highest BCUT2D eigenvalue weighted by Crippen LogP contribution is 2.34. The zero-order chi connectivity index (χ0) is 12.5. The van der Waals surface area contributed by atoms with Crippen LogP contribution in [0, 0.1) is 5.92 Å². The number of hydrogen-bond donors (Lipinski definition) is 1. The molecule has 3 atom stereocenters. The summed E-state index contributed by atoms with van der Waals surface area (Å²) >= 11 is 0. The summed E-state index contributed by atoms with van der Waals surface area (Å²) < 4.78 is 7.57. The summed E-state index contributed by atoms with van der Waals surface area (Å²) in [6, 6.07) is 0.238. The molecule has 0 unspecified atom stereocenters. The number of carbonyl (C=O) groups excluding carboxylic acids is 1. The normalized spacial score (nSPS) is 29.7. The van der Waals surface area contributed by atoms with Crippen molar-refractivity contribution in [2.45, 2.75) is 44.9 Å². The van der Waals surface area contributed by atoms with Crippen LogP contribution in [0.5, 0.6) is 0 Å². The summed E-state index contributed by atoms with van der Waals surface area (Å²) in [6.07, 6.45) is 6.76. The highest BCUT2D eigenvalue weighted by atomic mass is 16.5. The van der Waals surface area contributed by atoms with E-state index in [2.05, 4.69) is 14.9 Å². The molecule has 1 aromatic heterocycles. The van der Waals surface area contributed by atoms with Crippen molar-refractivity contribution < 1.29 is 9.53 Å². The van der Waals surface area contributed by atoms with Gasteiger partial charge in [0.05, 0.1) is 12.0 Å². The van der Waals surface area contributed by atoms with Crippen molar-refractivity contribution >= 4 is 5.91 Å². The van der Waals surface area contributed by atoms with E-state index >= 15 is 0 Å². The summed E-state index contributed by atoms with van der Waals surface area (Å²) in [5.74, 6) is 1.36. The van der Waals surface area contributed by atoms with E-state index in [1.54, 1.807) is 0 Å². The lowest BCUT2D eigenvalue weighted by molar-refractivity contribution is -0.124. The zero-order valence-electron chi connectivity index (χ0n) is 10.6. The SMILES string of the molecule is CCO[C@@H]1C[C@H]1C(=O)N[C@@H]1CCc2nccn2C1. The Kier molecular flexibility index (Phi) is 3.07. The van der Waals surface area contributed by atoms with Gasteiger partial charge < -0.3 is 14.6 Å². The van der Waals surface area contributed by atoms with E-state index < -0.39 is 0 Å². The number of ether oxygens (including phenoxy) is 1.